The van der Waals surface area contributed by atoms with Gasteiger partial charge in [-0.05, 0) is 37.9 Å². The first kappa shape index (κ1) is 16.2. The van der Waals surface area contributed by atoms with Gasteiger partial charge in [-0.2, -0.15) is 0 Å². The fraction of sp³-hybridized carbons (Fsp3) is 0.647. The highest BCUT2D eigenvalue weighted by Gasteiger charge is 2.11. The van der Waals surface area contributed by atoms with Crippen LogP contribution in [0.25, 0.3) is 0 Å². The van der Waals surface area contributed by atoms with Gasteiger partial charge < -0.3 is 10.6 Å². The van der Waals surface area contributed by atoms with Crippen molar-refractivity contribution in [1.29, 1.82) is 0 Å². The standard InChI is InChI=1S/C17H30N2/c1-5-14(3)13-19(6-2)12-11-17(18)16-9-7-15(4)8-10-16/h7-10,14,17H,5-6,11-13,18H2,1-4H3. The predicted molar refractivity (Wildman–Crippen MR) is 84.3 cm³/mol. The molecule has 0 fully saturated rings. The second-order valence-corrected chi connectivity index (χ2v) is 5.71. The van der Waals surface area contributed by atoms with Crippen molar-refractivity contribution in [3.63, 3.8) is 0 Å². The number of rotatable bonds is 8. The first-order valence-electron chi connectivity index (χ1n) is 7.61. The van der Waals surface area contributed by atoms with Crippen molar-refractivity contribution in [2.75, 3.05) is 19.6 Å². The molecule has 2 atom stereocenters. The zero-order valence-corrected chi connectivity index (χ0v) is 13.0. The summed E-state index contributed by atoms with van der Waals surface area (Å²) in [5, 5.41) is 0. The Bertz CT molecular complexity index is 345. The maximum absolute atomic E-state index is 6.28. The van der Waals surface area contributed by atoms with Crippen molar-refractivity contribution >= 4 is 0 Å². The number of benzene rings is 1. The van der Waals surface area contributed by atoms with Crippen molar-refractivity contribution in [2.45, 2.75) is 46.6 Å². The van der Waals surface area contributed by atoms with E-state index in [-0.39, 0.29) is 6.04 Å². The average molecular weight is 262 g/mol. The number of hydrogen-bond acceptors (Lipinski definition) is 2. The lowest BCUT2D eigenvalue weighted by atomic mass is 10.0. The minimum atomic E-state index is 0.159. The third-order valence-electron chi connectivity index (χ3n) is 3.98. The van der Waals surface area contributed by atoms with Gasteiger partial charge in [-0.3, -0.25) is 0 Å². The molecule has 0 radical (unpaired) electrons. The monoisotopic (exact) mass is 262 g/mol. The van der Waals surface area contributed by atoms with Crippen LogP contribution in [0.1, 0.15) is 50.8 Å². The third-order valence-corrected chi connectivity index (χ3v) is 3.98. The molecule has 2 unspecified atom stereocenters. The Morgan fingerprint density at radius 2 is 1.79 bits per heavy atom. The summed E-state index contributed by atoms with van der Waals surface area (Å²) in [7, 11) is 0. The van der Waals surface area contributed by atoms with Crippen LogP contribution in [-0.2, 0) is 0 Å². The molecular formula is C17H30N2. The topological polar surface area (TPSA) is 29.3 Å². The molecule has 2 N–H and O–H groups in total. The van der Waals surface area contributed by atoms with Gasteiger partial charge in [-0.15, -0.1) is 0 Å². The maximum atomic E-state index is 6.28. The van der Waals surface area contributed by atoms with Crippen LogP contribution >= 0.6 is 0 Å². The summed E-state index contributed by atoms with van der Waals surface area (Å²) in [5.74, 6) is 0.774. The lowest BCUT2D eigenvalue weighted by molar-refractivity contribution is 0.237. The van der Waals surface area contributed by atoms with Gasteiger partial charge in [0.1, 0.15) is 0 Å². The molecule has 0 aliphatic rings. The molecule has 0 amide bonds. The molecule has 0 heterocycles. The Hall–Kier alpha value is -0.860. The van der Waals surface area contributed by atoms with E-state index in [9.17, 15) is 0 Å². The second kappa shape index (κ2) is 8.34. The summed E-state index contributed by atoms with van der Waals surface area (Å²) in [6.07, 6.45) is 2.29. The van der Waals surface area contributed by atoms with Gasteiger partial charge in [-0.1, -0.05) is 57.0 Å². The lowest BCUT2D eigenvalue weighted by Crippen LogP contribution is -2.31. The van der Waals surface area contributed by atoms with E-state index >= 15 is 0 Å². The van der Waals surface area contributed by atoms with E-state index in [0.717, 1.165) is 25.4 Å². The first-order valence-corrected chi connectivity index (χ1v) is 7.61. The number of nitrogens with zero attached hydrogens (tertiary/aromatic N) is 1. The third kappa shape index (κ3) is 5.75. The van der Waals surface area contributed by atoms with Gasteiger partial charge in [0.15, 0.2) is 0 Å². The van der Waals surface area contributed by atoms with Crippen LogP contribution in [0, 0.1) is 12.8 Å². The number of hydrogen-bond donors (Lipinski definition) is 1. The van der Waals surface area contributed by atoms with Crippen molar-refractivity contribution in [1.82, 2.24) is 4.90 Å². The minimum absolute atomic E-state index is 0.159. The molecule has 0 spiro atoms. The van der Waals surface area contributed by atoms with E-state index in [0.29, 0.717) is 0 Å². The van der Waals surface area contributed by atoms with Gasteiger partial charge >= 0.3 is 0 Å². The van der Waals surface area contributed by atoms with Gasteiger partial charge in [0.05, 0.1) is 0 Å². The molecule has 1 rings (SSSR count). The molecule has 0 saturated heterocycles. The van der Waals surface area contributed by atoms with E-state index in [1.165, 1.54) is 24.1 Å². The average Bonchev–Trinajstić information content (AvgIpc) is 2.43. The second-order valence-electron chi connectivity index (χ2n) is 5.71. The molecule has 0 aliphatic carbocycles. The summed E-state index contributed by atoms with van der Waals surface area (Å²) >= 11 is 0. The molecule has 0 bridgehead atoms. The highest BCUT2D eigenvalue weighted by atomic mass is 15.1. The van der Waals surface area contributed by atoms with Crippen LogP contribution in [0.3, 0.4) is 0 Å². The van der Waals surface area contributed by atoms with E-state index in [1.54, 1.807) is 0 Å². The molecule has 0 aliphatic heterocycles. The van der Waals surface area contributed by atoms with Gasteiger partial charge in [0, 0.05) is 12.6 Å². The fourth-order valence-electron chi connectivity index (χ4n) is 2.25. The van der Waals surface area contributed by atoms with Crippen LogP contribution in [0.15, 0.2) is 24.3 Å². The summed E-state index contributed by atoms with van der Waals surface area (Å²) in [6, 6.07) is 8.76. The zero-order valence-electron chi connectivity index (χ0n) is 13.0. The Labute approximate surface area is 119 Å². The largest absolute Gasteiger partial charge is 0.324 e. The Morgan fingerprint density at radius 1 is 1.16 bits per heavy atom. The minimum Gasteiger partial charge on any atom is -0.324 e. The van der Waals surface area contributed by atoms with Crippen LogP contribution in [0.5, 0.6) is 0 Å². The molecule has 0 saturated carbocycles. The van der Waals surface area contributed by atoms with Crippen LogP contribution in [0.2, 0.25) is 0 Å². The van der Waals surface area contributed by atoms with Gasteiger partial charge in [0.25, 0.3) is 0 Å². The fourth-order valence-corrected chi connectivity index (χ4v) is 2.25. The Morgan fingerprint density at radius 3 is 2.32 bits per heavy atom. The molecule has 2 heteroatoms. The smallest absolute Gasteiger partial charge is 0.0307 e. The molecular weight excluding hydrogens is 232 g/mol. The van der Waals surface area contributed by atoms with Gasteiger partial charge in [0.2, 0.25) is 0 Å². The van der Waals surface area contributed by atoms with Crippen molar-refractivity contribution in [3.8, 4) is 0 Å². The van der Waals surface area contributed by atoms with E-state index < -0.39 is 0 Å². The number of nitrogens with two attached hydrogens (primary N) is 1. The predicted octanol–water partition coefficient (Wildman–Crippen LogP) is 3.75. The highest BCUT2D eigenvalue weighted by molar-refractivity contribution is 5.23. The molecule has 0 aromatic heterocycles. The van der Waals surface area contributed by atoms with Crippen LogP contribution < -0.4 is 5.73 Å². The molecule has 1 aromatic rings. The van der Waals surface area contributed by atoms with E-state index in [4.69, 9.17) is 5.73 Å². The molecule has 19 heavy (non-hydrogen) atoms. The highest BCUT2D eigenvalue weighted by Crippen LogP contribution is 2.16. The molecule has 2 nitrogen and oxygen atoms in total. The van der Waals surface area contributed by atoms with Crippen molar-refractivity contribution < 1.29 is 0 Å². The molecule has 1 aromatic carbocycles. The Kier molecular flexibility index (Phi) is 7.11. The van der Waals surface area contributed by atoms with Crippen molar-refractivity contribution in [3.05, 3.63) is 35.4 Å². The van der Waals surface area contributed by atoms with E-state index in [2.05, 4.69) is 56.9 Å². The van der Waals surface area contributed by atoms with Crippen molar-refractivity contribution in [2.24, 2.45) is 11.7 Å². The normalized spacial score (nSPS) is 14.6. The zero-order chi connectivity index (χ0) is 14.3. The summed E-state index contributed by atoms with van der Waals surface area (Å²) < 4.78 is 0. The van der Waals surface area contributed by atoms with Crippen LogP contribution in [0.4, 0.5) is 0 Å². The van der Waals surface area contributed by atoms with Gasteiger partial charge in [-0.25, -0.2) is 0 Å². The number of aryl methyl sites for hydroxylation is 1. The van der Waals surface area contributed by atoms with E-state index in [1.807, 2.05) is 0 Å². The quantitative estimate of drug-likeness (QED) is 0.773. The maximum Gasteiger partial charge on any atom is 0.0307 e. The summed E-state index contributed by atoms with van der Waals surface area (Å²) in [4.78, 5) is 2.52. The Balaban J connectivity index is 2.43. The van der Waals surface area contributed by atoms with Crippen LogP contribution in [-0.4, -0.2) is 24.5 Å². The lowest BCUT2D eigenvalue weighted by Gasteiger charge is -2.25. The molecule has 108 valence electrons. The first-order chi connectivity index (χ1) is 9.06. The SMILES string of the molecule is CCC(C)CN(CC)CCC(N)c1ccc(C)cc1. The summed E-state index contributed by atoms with van der Waals surface area (Å²) in [6.45, 7) is 12.3. The summed E-state index contributed by atoms with van der Waals surface area (Å²) in [5.41, 5.74) is 8.83.